The molecular weight excluding hydrogens is 378 g/mol. The standard InChI is InChI=1S/C20H23N3O4S/c24-19-2-1-8-23(19)16-5-3-14(4-6-16)20(25)22-17-7-9-26-11-18(17)27-10-15-12-28-13-21-15/h3-6,12-13,17-18H,1-2,7-11H2,(H,22,25). The van der Waals surface area contributed by atoms with E-state index in [9.17, 15) is 9.59 Å². The van der Waals surface area contributed by atoms with Gasteiger partial charge >= 0.3 is 0 Å². The Bertz CT molecular complexity index is 809. The van der Waals surface area contributed by atoms with E-state index in [-0.39, 0.29) is 24.0 Å². The average molecular weight is 401 g/mol. The topological polar surface area (TPSA) is 80.8 Å². The van der Waals surface area contributed by atoms with Crippen LogP contribution in [0.1, 0.15) is 35.3 Å². The molecule has 0 aliphatic carbocycles. The van der Waals surface area contributed by atoms with Crippen molar-refractivity contribution < 1.29 is 19.1 Å². The molecule has 28 heavy (non-hydrogen) atoms. The molecule has 2 fully saturated rings. The van der Waals surface area contributed by atoms with Crippen LogP contribution >= 0.6 is 11.3 Å². The molecule has 2 aliphatic heterocycles. The number of anilines is 1. The number of amides is 2. The Morgan fingerprint density at radius 2 is 2.21 bits per heavy atom. The minimum absolute atomic E-state index is 0.111. The number of ether oxygens (including phenoxy) is 2. The van der Waals surface area contributed by atoms with Gasteiger partial charge in [-0.3, -0.25) is 9.59 Å². The summed E-state index contributed by atoms with van der Waals surface area (Å²) in [5.74, 6) is -0.00651. The third-order valence-corrected chi connectivity index (χ3v) is 5.70. The van der Waals surface area contributed by atoms with E-state index in [1.54, 1.807) is 22.5 Å². The lowest BCUT2D eigenvalue weighted by Crippen LogP contribution is -2.49. The third-order valence-electron chi connectivity index (χ3n) is 5.06. The van der Waals surface area contributed by atoms with E-state index < -0.39 is 0 Å². The van der Waals surface area contributed by atoms with E-state index in [0.29, 0.717) is 38.2 Å². The van der Waals surface area contributed by atoms with Crippen molar-refractivity contribution in [3.05, 3.63) is 46.4 Å². The van der Waals surface area contributed by atoms with Gasteiger partial charge in [0.25, 0.3) is 5.91 Å². The molecule has 2 saturated heterocycles. The van der Waals surface area contributed by atoms with Gasteiger partial charge in [0.15, 0.2) is 0 Å². The number of thiazole rings is 1. The van der Waals surface area contributed by atoms with Gasteiger partial charge in [0.05, 0.1) is 30.5 Å². The lowest BCUT2D eigenvalue weighted by atomic mass is 10.0. The average Bonchev–Trinajstić information content (AvgIpc) is 3.39. The maximum absolute atomic E-state index is 12.7. The summed E-state index contributed by atoms with van der Waals surface area (Å²) in [5.41, 5.74) is 4.07. The summed E-state index contributed by atoms with van der Waals surface area (Å²) in [7, 11) is 0. The van der Waals surface area contributed by atoms with Gasteiger partial charge in [-0.1, -0.05) is 0 Å². The summed E-state index contributed by atoms with van der Waals surface area (Å²) in [4.78, 5) is 30.5. The van der Waals surface area contributed by atoms with E-state index in [0.717, 1.165) is 24.3 Å². The van der Waals surface area contributed by atoms with Gasteiger partial charge in [-0.15, -0.1) is 11.3 Å². The molecule has 3 heterocycles. The van der Waals surface area contributed by atoms with Crippen molar-refractivity contribution in [3.63, 3.8) is 0 Å². The molecule has 7 nitrogen and oxygen atoms in total. The van der Waals surface area contributed by atoms with Crippen LogP contribution in [0.5, 0.6) is 0 Å². The minimum Gasteiger partial charge on any atom is -0.379 e. The second-order valence-electron chi connectivity index (χ2n) is 6.97. The van der Waals surface area contributed by atoms with Gasteiger partial charge in [0, 0.05) is 36.2 Å². The van der Waals surface area contributed by atoms with E-state index in [4.69, 9.17) is 9.47 Å². The molecule has 8 heteroatoms. The maximum Gasteiger partial charge on any atom is 0.251 e. The zero-order valence-corrected chi connectivity index (χ0v) is 16.3. The Labute approximate surface area is 167 Å². The predicted octanol–water partition coefficient (Wildman–Crippen LogP) is 2.37. The summed E-state index contributed by atoms with van der Waals surface area (Å²) in [6.45, 7) is 2.19. The molecule has 0 saturated carbocycles. The number of hydrogen-bond acceptors (Lipinski definition) is 6. The summed E-state index contributed by atoms with van der Waals surface area (Å²) in [5, 5.41) is 5.02. The molecule has 1 aromatic heterocycles. The fourth-order valence-electron chi connectivity index (χ4n) is 3.51. The van der Waals surface area contributed by atoms with Crippen LogP contribution in [0.3, 0.4) is 0 Å². The Hall–Kier alpha value is -2.29. The second-order valence-corrected chi connectivity index (χ2v) is 7.69. The van der Waals surface area contributed by atoms with Gasteiger partial charge in [-0.05, 0) is 37.1 Å². The van der Waals surface area contributed by atoms with Crippen LogP contribution in [-0.4, -0.2) is 48.7 Å². The van der Waals surface area contributed by atoms with Crippen molar-refractivity contribution in [2.45, 2.75) is 38.0 Å². The van der Waals surface area contributed by atoms with Crippen molar-refractivity contribution >= 4 is 28.8 Å². The van der Waals surface area contributed by atoms with Crippen LogP contribution in [0.2, 0.25) is 0 Å². The first kappa shape index (κ1) is 19.0. The number of aromatic nitrogens is 1. The molecule has 0 bridgehead atoms. The summed E-state index contributed by atoms with van der Waals surface area (Å²) >= 11 is 1.53. The first-order valence-electron chi connectivity index (χ1n) is 9.48. The SMILES string of the molecule is O=C(NC1CCOCC1OCc1cscn1)c1ccc(N2CCCC2=O)cc1. The fraction of sp³-hybridized carbons (Fsp3) is 0.450. The van der Waals surface area contributed by atoms with E-state index in [1.165, 1.54) is 11.3 Å². The highest BCUT2D eigenvalue weighted by molar-refractivity contribution is 7.07. The van der Waals surface area contributed by atoms with Crippen molar-refractivity contribution in [2.75, 3.05) is 24.7 Å². The molecule has 1 N–H and O–H groups in total. The number of rotatable bonds is 6. The molecule has 148 valence electrons. The van der Waals surface area contributed by atoms with Crippen LogP contribution in [0.25, 0.3) is 0 Å². The molecular formula is C20H23N3O4S. The second kappa shape index (κ2) is 8.81. The number of nitrogens with one attached hydrogen (secondary N) is 1. The molecule has 2 atom stereocenters. The Balaban J connectivity index is 1.36. The summed E-state index contributed by atoms with van der Waals surface area (Å²) in [6.07, 6.45) is 1.97. The Morgan fingerprint density at radius 1 is 1.36 bits per heavy atom. The van der Waals surface area contributed by atoms with Gasteiger partial charge < -0.3 is 19.7 Å². The largest absolute Gasteiger partial charge is 0.379 e. The van der Waals surface area contributed by atoms with Crippen LogP contribution < -0.4 is 10.2 Å². The molecule has 1 aromatic carbocycles. The van der Waals surface area contributed by atoms with Crippen LogP contribution in [0.15, 0.2) is 35.2 Å². The fourth-order valence-corrected chi connectivity index (χ4v) is 4.05. The van der Waals surface area contributed by atoms with Crippen molar-refractivity contribution in [2.24, 2.45) is 0 Å². The summed E-state index contributed by atoms with van der Waals surface area (Å²) in [6, 6.07) is 7.08. The first-order valence-corrected chi connectivity index (χ1v) is 10.4. The van der Waals surface area contributed by atoms with Crippen LogP contribution in [0.4, 0.5) is 5.69 Å². The summed E-state index contributed by atoms with van der Waals surface area (Å²) < 4.78 is 11.5. The number of benzene rings is 1. The van der Waals surface area contributed by atoms with Gasteiger partial charge in [0.1, 0.15) is 6.10 Å². The third kappa shape index (κ3) is 4.40. The van der Waals surface area contributed by atoms with Gasteiger partial charge in [-0.2, -0.15) is 0 Å². The molecule has 4 rings (SSSR count). The molecule has 2 unspecified atom stereocenters. The number of carbonyl (C=O) groups is 2. The molecule has 0 spiro atoms. The van der Waals surface area contributed by atoms with E-state index in [2.05, 4.69) is 10.3 Å². The lowest BCUT2D eigenvalue weighted by Gasteiger charge is -2.32. The number of carbonyl (C=O) groups excluding carboxylic acids is 2. The van der Waals surface area contributed by atoms with Crippen molar-refractivity contribution in [1.82, 2.24) is 10.3 Å². The normalized spacial score (nSPS) is 22.4. The number of hydrogen-bond donors (Lipinski definition) is 1. The number of nitrogens with zero attached hydrogens (tertiary/aromatic N) is 2. The minimum atomic E-state index is -0.208. The zero-order valence-electron chi connectivity index (χ0n) is 15.5. The Kier molecular flexibility index (Phi) is 5.99. The first-order chi connectivity index (χ1) is 13.7. The lowest BCUT2D eigenvalue weighted by molar-refractivity contribution is -0.117. The molecule has 2 amide bonds. The zero-order chi connectivity index (χ0) is 19.3. The smallest absolute Gasteiger partial charge is 0.251 e. The van der Waals surface area contributed by atoms with Gasteiger partial charge in [-0.25, -0.2) is 4.98 Å². The van der Waals surface area contributed by atoms with Crippen molar-refractivity contribution in [1.29, 1.82) is 0 Å². The predicted molar refractivity (Wildman–Crippen MR) is 105 cm³/mol. The van der Waals surface area contributed by atoms with Crippen LogP contribution in [-0.2, 0) is 20.9 Å². The van der Waals surface area contributed by atoms with E-state index >= 15 is 0 Å². The van der Waals surface area contributed by atoms with Crippen LogP contribution in [0, 0.1) is 0 Å². The Morgan fingerprint density at radius 3 is 2.93 bits per heavy atom. The van der Waals surface area contributed by atoms with E-state index in [1.807, 2.05) is 17.5 Å². The molecule has 0 radical (unpaired) electrons. The van der Waals surface area contributed by atoms with Gasteiger partial charge in [0.2, 0.25) is 5.91 Å². The monoisotopic (exact) mass is 401 g/mol. The molecule has 2 aliphatic rings. The quantitative estimate of drug-likeness (QED) is 0.804. The highest BCUT2D eigenvalue weighted by Crippen LogP contribution is 2.22. The maximum atomic E-state index is 12.7. The molecule has 2 aromatic rings. The highest BCUT2D eigenvalue weighted by atomic mass is 32.1. The van der Waals surface area contributed by atoms with Crippen molar-refractivity contribution in [3.8, 4) is 0 Å². The highest BCUT2D eigenvalue weighted by Gasteiger charge is 2.28.